The fraction of sp³-hybridized carbons (Fsp3) is 0.235. The molecule has 0 spiro atoms. The van der Waals surface area contributed by atoms with Gasteiger partial charge >= 0.3 is 0 Å². The Hall–Kier alpha value is -2.09. The number of benzene rings is 2. The van der Waals surface area contributed by atoms with Gasteiger partial charge in [0.15, 0.2) is 0 Å². The van der Waals surface area contributed by atoms with E-state index in [2.05, 4.69) is 19.1 Å². The number of ether oxygens (including phenoxy) is 1. The number of hydrogen-bond donors (Lipinski definition) is 0. The Labute approximate surface area is 114 Å². The molecular weight excluding hydrogens is 236 g/mol. The SMILES string of the molecule is CCCc1ccc(Oc2ccc(C=O)cc2C)cc1. The van der Waals surface area contributed by atoms with Crippen LogP contribution in [0.2, 0.25) is 0 Å². The van der Waals surface area contributed by atoms with Crippen LogP contribution in [0.3, 0.4) is 0 Å². The summed E-state index contributed by atoms with van der Waals surface area (Å²) >= 11 is 0. The lowest BCUT2D eigenvalue weighted by Gasteiger charge is -2.09. The van der Waals surface area contributed by atoms with Crippen LogP contribution in [0.1, 0.15) is 34.8 Å². The van der Waals surface area contributed by atoms with Crippen LogP contribution in [0.15, 0.2) is 42.5 Å². The quantitative estimate of drug-likeness (QED) is 0.731. The Morgan fingerprint density at radius 1 is 1.11 bits per heavy atom. The molecule has 0 N–H and O–H groups in total. The summed E-state index contributed by atoms with van der Waals surface area (Å²) in [5.74, 6) is 1.61. The highest BCUT2D eigenvalue weighted by molar-refractivity contribution is 5.75. The molecule has 0 aliphatic carbocycles. The molecule has 0 fully saturated rings. The van der Waals surface area contributed by atoms with Crippen molar-refractivity contribution in [3.8, 4) is 11.5 Å². The van der Waals surface area contributed by atoms with E-state index in [0.29, 0.717) is 5.56 Å². The number of rotatable bonds is 5. The molecule has 0 aliphatic heterocycles. The second-order valence-electron chi connectivity index (χ2n) is 4.64. The van der Waals surface area contributed by atoms with Crippen molar-refractivity contribution in [2.75, 3.05) is 0 Å². The molecule has 98 valence electrons. The molecule has 0 bridgehead atoms. The standard InChI is InChI=1S/C17H18O2/c1-3-4-14-5-8-16(9-6-14)19-17-10-7-15(12-18)11-13(17)2/h5-12H,3-4H2,1-2H3. The summed E-state index contributed by atoms with van der Waals surface area (Å²) in [5, 5.41) is 0. The maximum atomic E-state index is 10.7. The third-order valence-corrected chi connectivity index (χ3v) is 3.02. The lowest BCUT2D eigenvalue weighted by Crippen LogP contribution is -1.90. The van der Waals surface area contributed by atoms with Gasteiger partial charge in [0, 0.05) is 5.56 Å². The van der Waals surface area contributed by atoms with E-state index in [4.69, 9.17) is 4.74 Å². The molecule has 2 nitrogen and oxygen atoms in total. The first kappa shape index (κ1) is 13.3. The van der Waals surface area contributed by atoms with Gasteiger partial charge in [0.25, 0.3) is 0 Å². The van der Waals surface area contributed by atoms with Crippen LogP contribution in [0, 0.1) is 6.92 Å². The maximum absolute atomic E-state index is 10.7. The van der Waals surface area contributed by atoms with Crippen LogP contribution >= 0.6 is 0 Å². The second kappa shape index (κ2) is 6.19. The Kier molecular flexibility index (Phi) is 4.35. The first-order valence-corrected chi connectivity index (χ1v) is 6.55. The maximum Gasteiger partial charge on any atom is 0.150 e. The lowest BCUT2D eigenvalue weighted by atomic mass is 10.1. The molecule has 0 atom stereocenters. The third kappa shape index (κ3) is 3.44. The second-order valence-corrected chi connectivity index (χ2v) is 4.64. The number of aldehydes is 1. The van der Waals surface area contributed by atoms with Crippen LogP contribution in [0.4, 0.5) is 0 Å². The Morgan fingerprint density at radius 2 is 1.84 bits per heavy atom. The third-order valence-electron chi connectivity index (χ3n) is 3.02. The highest BCUT2D eigenvalue weighted by atomic mass is 16.5. The topological polar surface area (TPSA) is 26.3 Å². The zero-order valence-corrected chi connectivity index (χ0v) is 11.3. The van der Waals surface area contributed by atoms with Crippen LogP contribution in [-0.4, -0.2) is 6.29 Å². The molecule has 0 saturated heterocycles. The van der Waals surface area contributed by atoms with Crippen LogP contribution in [0.25, 0.3) is 0 Å². The van der Waals surface area contributed by atoms with Gasteiger partial charge in [-0.2, -0.15) is 0 Å². The molecule has 2 aromatic rings. The van der Waals surface area contributed by atoms with Crippen molar-refractivity contribution >= 4 is 6.29 Å². The van der Waals surface area contributed by atoms with Gasteiger partial charge < -0.3 is 4.74 Å². The van der Waals surface area contributed by atoms with Crippen molar-refractivity contribution in [3.63, 3.8) is 0 Å². The van der Waals surface area contributed by atoms with E-state index in [9.17, 15) is 4.79 Å². The summed E-state index contributed by atoms with van der Waals surface area (Å²) in [5.41, 5.74) is 2.95. The van der Waals surface area contributed by atoms with Gasteiger partial charge in [-0.15, -0.1) is 0 Å². The van der Waals surface area contributed by atoms with Gasteiger partial charge in [0.2, 0.25) is 0 Å². The number of carbonyl (C=O) groups is 1. The molecule has 2 rings (SSSR count). The van der Waals surface area contributed by atoms with Gasteiger partial charge in [-0.1, -0.05) is 25.5 Å². The minimum atomic E-state index is 0.670. The average molecular weight is 254 g/mol. The predicted molar refractivity (Wildman–Crippen MR) is 77.1 cm³/mol. The largest absolute Gasteiger partial charge is 0.457 e. The van der Waals surface area contributed by atoms with E-state index in [0.717, 1.165) is 36.2 Å². The van der Waals surface area contributed by atoms with Crippen molar-refractivity contribution in [1.29, 1.82) is 0 Å². The molecule has 2 heteroatoms. The van der Waals surface area contributed by atoms with Gasteiger partial charge in [0.05, 0.1) is 0 Å². The van der Waals surface area contributed by atoms with E-state index in [1.165, 1.54) is 5.56 Å². The zero-order chi connectivity index (χ0) is 13.7. The first-order chi connectivity index (χ1) is 9.22. The lowest BCUT2D eigenvalue weighted by molar-refractivity contribution is 0.112. The smallest absolute Gasteiger partial charge is 0.150 e. The Balaban J connectivity index is 2.14. The van der Waals surface area contributed by atoms with Crippen molar-refractivity contribution in [1.82, 2.24) is 0 Å². The minimum Gasteiger partial charge on any atom is -0.457 e. The van der Waals surface area contributed by atoms with Crippen molar-refractivity contribution in [3.05, 3.63) is 59.2 Å². The van der Waals surface area contributed by atoms with E-state index in [-0.39, 0.29) is 0 Å². The molecule has 0 unspecified atom stereocenters. The van der Waals surface area contributed by atoms with E-state index < -0.39 is 0 Å². The summed E-state index contributed by atoms with van der Waals surface area (Å²) in [4.78, 5) is 10.7. The Bertz CT molecular complexity index is 556. The van der Waals surface area contributed by atoms with E-state index in [1.807, 2.05) is 31.2 Å². The van der Waals surface area contributed by atoms with Gasteiger partial charge in [-0.25, -0.2) is 0 Å². The predicted octanol–water partition coefficient (Wildman–Crippen LogP) is 4.55. The molecule has 0 saturated carbocycles. The number of hydrogen-bond acceptors (Lipinski definition) is 2. The molecule has 0 aromatic heterocycles. The van der Waals surface area contributed by atoms with Crippen molar-refractivity contribution in [2.45, 2.75) is 26.7 Å². The fourth-order valence-electron chi connectivity index (χ4n) is 2.00. The first-order valence-electron chi connectivity index (χ1n) is 6.55. The summed E-state index contributed by atoms with van der Waals surface area (Å²) in [6.07, 6.45) is 3.08. The summed E-state index contributed by atoms with van der Waals surface area (Å²) in [6, 6.07) is 13.6. The normalized spacial score (nSPS) is 10.2. The molecule has 0 radical (unpaired) electrons. The summed E-state index contributed by atoms with van der Waals surface area (Å²) in [7, 11) is 0. The molecule has 19 heavy (non-hydrogen) atoms. The summed E-state index contributed by atoms with van der Waals surface area (Å²) < 4.78 is 5.83. The highest BCUT2D eigenvalue weighted by Gasteiger charge is 2.03. The number of carbonyl (C=O) groups excluding carboxylic acids is 1. The van der Waals surface area contributed by atoms with Crippen molar-refractivity contribution in [2.24, 2.45) is 0 Å². The van der Waals surface area contributed by atoms with Gasteiger partial charge in [-0.05, 0) is 54.8 Å². The van der Waals surface area contributed by atoms with Gasteiger partial charge in [-0.3, -0.25) is 4.79 Å². The van der Waals surface area contributed by atoms with Crippen LogP contribution in [0.5, 0.6) is 11.5 Å². The Morgan fingerprint density at radius 3 is 2.42 bits per heavy atom. The highest BCUT2D eigenvalue weighted by Crippen LogP contribution is 2.25. The van der Waals surface area contributed by atoms with Gasteiger partial charge in [0.1, 0.15) is 17.8 Å². The zero-order valence-electron chi connectivity index (χ0n) is 11.3. The fourth-order valence-corrected chi connectivity index (χ4v) is 2.00. The molecule has 0 aliphatic rings. The van der Waals surface area contributed by atoms with E-state index in [1.54, 1.807) is 6.07 Å². The summed E-state index contributed by atoms with van der Waals surface area (Å²) in [6.45, 7) is 4.11. The molecule has 0 heterocycles. The van der Waals surface area contributed by atoms with Crippen molar-refractivity contribution < 1.29 is 9.53 Å². The van der Waals surface area contributed by atoms with E-state index >= 15 is 0 Å². The molecule has 0 amide bonds. The monoisotopic (exact) mass is 254 g/mol. The van der Waals surface area contributed by atoms with Crippen LogP contribution in [-0.2, 0) is 6.42 Å². The average Bonchev–Trinajstić information content (AvgIpc) is 2.43. The van der Waals surface area contributed by atoms with Crippen LogP contribution < -0.4 is 4.74 Å². The number of aryl methyl sites for hydroxylation is 2. The molecular formula is C17H18O2. The minimum absolute atomic E-state index is 0.670. The molecule has 2 aromatic carbocycles.